The second kappa shape index (κ2) is 10.5. The van der Waals surface area contributed by atoms with Gasteiger partial charge in [0, 0.05) is 31.2 Å². The summed E-state index contributed by atoms with van der Waals surface area (Å²) in [5.74, 6) is -0.923. The van der Waals surface area contributed by atoms with E-state index in [-0.39, 0.29) is 36.1 Å². The van der Waals surface area contributed by atoms with Crippen molar-refractivity contribution in [2.45, 2.75) is 43.7 Å². The van der Waals surface area contributed by atoms with Gasteiger partial charge >= 0.3 is 21.7 Å². The summed E-state index contributed by atoms with van der Waals surface area (Å²) in [6.45, 7) is 2.81. The number of hydrogen-bond donors (Lipinski definition) is 1. The van der Waals surface area contributed by atoms with Crippen molar-refractivity contribution < 1.29 is 35.0 Å². The van der Waals surface area contributed by atoms with Crippen molar-refractivity contribution in [3.63, 3.8) is 0 Å². The summed E-state index contributed by atoms with van der Waals surface area (Å²) in [7, 11) is -5.73. The Hall–Kier alpha value is -2.05. The Balaban J connectivity index is 1.70. The monoisotopic (exact) mass is 513 g/mol. The van der Waals surface area contributed by atoms with Gasteiger partial charge in [0.15, 0.2) is 0 Å². The van der Waals surface area contributed by atoms with Gasteiger partial charge in [-0.15, -0.1) is 0 Å². The van der Waals surface area contributed by atoms with E-state index < -0.39 is 27.5 Å². The predicted octanol–water partition coefficient (Wildman–Crippen LogP) is 4.71. The van der Waals surface area contributed by atoms with Gasteiger partial charge in [0.2, 0.25) is 0 Å². The fraction of sp³-hybridized carbons (Fsp3) is 0.550. The number of likely N-dealkylation sites (tertiary alicyclic amines) is 1. The second-order valence-corrected chi connectivity index (χ2v) is 9.83. The fourth-order valence-electron chi connectivity index (χ4n) is 3.82. The Bertz CT molecular complexity index is 998. The first-order chi connectivity index (χ1) is 15.5. The van der Waals surface area contributed by atoms with Crippen LogP contribution in [0.2, 0.25) is 5.02 Å². The summed E-state index contributed by atoms with van der Waals surface area (Å²) in [6.07, 6.45) is 3.68. The smallest absolute Gasteiger partial charge is 0.381 e. The van der Waals surface area contributed by atoms with E-state index in [0.717, 1.165) is 32.0 Å². The topological polar surface area (TPSA) is 79.0 Å². The van der Waals surface area contributed by atoms with Crippen LogP contribution >= 0.6 is 11.6 Å². The molecule has 0 radical (unpaired) electrons. The maximum Gasteiger partial charge on any atom is 0.534 e. The summed E-state index contributed by atoms with van der Waals surface area (Å²) in [6, 6.07) is 2.92. The van der Waals surface area contributed by atoms with Crippen LogP contribution in [0, 0.1) is 5.82 Å². The number of amides is 2. The number of nitrogens with one attached hydrogen (secondary N) is 1. The van der Waals surface area contributed by atoms with Crippen LogP contribution in [-0.4, -0.2) is 62.0 Å². The largest absolute Gasteiger partial charge is 0.534 e. The van der Waals surface area contributed by atoms with Crippen LogP contribution in [0.1, 0.15) is 32.1 Å². The van der Waals surface area contributed by atoms with Crippen LogP contribution in [0.25, 0.3) is 0 Å². The number of carbonyl (C=O) groups is 1. The lowest BCUT2D eigenvalue weighted by Crippen LogP contribution is -2.47. The Morgan fingerprint density at radius 3 is 2.55 bits per heavy atom. The normalized spacial score (nSPS) is 19.8. The molecular formula is C20H24ClF4N3O4S. The van der Waals surface area contributed by atoms with Gasteiger partial charge in [-0.3, -0.25) is 0 Å². The number of rotatable bonds is 7. The third-order valence-electron chi connectivity index (χ3n) is 5.57. The standard InChI is InChI=1S/C20H24ClF4N3O4S/c21-17-13-14(3-8-18(17)22)26-19(29)28(12-11-27-9-1-2-10-27)15-4-6-16(7-5-15)32-33(30,31)20(23,24)25/h3,6,8,13,15H,1-2,4-5,7,9-12H2,(H,26,29). The van der Waals surface area contributed by atoms with E-state index in [9.17, 15) is 30.8 Å². The Labute approximate surface area is 194 Å². The molecule has 1 atom stereocenters. The molecule has 1 saturated heterocycles. The maximum absolute atomic E-state index is 13.4. The van der Waals surface area contributed by atoms with Gasteiger partial charge < -0.3 is 19.3 Å². The third kappa shape index (κ3) is 6.73. The zero-order valence-electron chi connectivity index (χ0n) is 17.6. The van der Waals surface area contributed by atoms with E-state index >= 15 is 0 Å². The zero-order valence-corrected chi connectivity index (χ0v) is 19.1. The SMILES string of the molecule is O=C(Nc1ccc(F)c(Cl)c1)N(CCN1CCCC1)C1CC=C(OS(=O)(=O)C(F)(F)F)CC1. The van der Waals surface area contributed by atoms with Crippen LogP contribution in [0.15, 0.2) is 30.0 Å². The van der Waals surface area contributed by atoms with Crippen molar-refractivity contribution in [1.82, 2.24) is 9.80 Å². The molecule has 2 amide bonds. The Morgan fingerprint density at radius 1 is 1.27 bits per heavy atom. The lowest BCUT2D eigenvalue weighted by Gasteiger charge is -2.34. The van der Waals surface area contributed by atoms with Gasteiger partial charge in [-0.25, -0.2) is 9.18 Å². The van der Waals surface area contributed by atoms with E-state index in [2.05, 4.69) is 14.4 Å². The molecule has 13 heteroatoms. The molecule has 1 fully saturated rings. The second-order valence-electron chi connectivity index (χ2n) is 7.88. The fourth-order valence-corrected chi connectivity index (χ4v) is 4.53. The van der Waals surface area contributed by atoms with E-state index in [1.807, 2.05) is 0 Å². The number of urea groups is 1. The Morgan fingerprint density at radius 2 is 1.97 bits per heavy atom. The number of hydrogen-bond acceptors (Lipinski definition) is 5. The highest BCUT2D eigenvalue weighted by Crippen LogP contribution is 2.31. The molecule has 0 saturated carbocycles. The van der Waals surface area contributed by atoms with E-state index in [0.29, 0.717) is 18.8 Å². The number of halogens is 5. The molecule has 1 aromatic rings. The maximum atomic E-state index is 13.4. The minimum absolute atomic E-state index is 0.0736. The highest BCUT2D eigenvalue weighted by atomic mass is 35.5. The lowest BCUT2D eigenvalue weighted by atomic mass is 9.99. The molecule has 2 aliphatic rings. The first-order valence-electron chi connectivity index (χ1n) is 10.4. The van der Waals surface area contributed by atoms with Crippen LogP contribution < -0.4 is 5.32 Å². The van der Waals surface area contributed by atoms with Crippen molar-refractivity contribution in [3.05, 3.63) is 40.9 Å². The van der Waals surface area contributed by atoms with Gasteiger partial charge in [-0.1, -0.05) is 11.6 Å². The molecule has 1 heterocycles. The zero-order chi connectivity index (χ0) is 24.2. The minimum atomic E-state index is -5.73. The van der Waals surface area contributed by atoms with Crippen molar-refractivity contribution >= 4 is 33.4 Å². The third-order valence-corrected chi connectivity index (χ3v) is 6.86. The molecule has 0 bridgehead atoms. The highest BCUT2D eigenvalue weighted by Gasteiger charge is 2.49. The van der Waals surface area contributed by atoms with E-state index in [1.54, 1.807) is 4.90 Å². The molecule has 1 N–H and O–H groups in total. The van der Waals surface area contributed by atoms with Gasteiger partial charge in [0.1, 0.15) is 11.6 Å². The van der Waals surface area contributed by atoms with Crippen LogP contribution in [0.5, 0.6) is 0 Å². The van der Waals surface area contributed by atoms with Gasteiger partial charge in [-0.2, -0.15) is 21.6 Å². The number of nitrogens with zero attached hydrogens (tertiary/aromatic N) is 2. The molecule has 1 aliphatic carbocycles. The average molecular weight is 514 g/mol. The average Bonchev–Trinajstić information content (AvgIpc) is 3.24. The van der Waals surface area contributed by atoms with Gasteiger partial charge in [-0.05, 0) is 63.0 Å². The predicted molar refractivity (Wildman–Crippen MR) is 115 cm³/mol. The number of anilines is 1. The number of benzene rings is 1. The van der Waals surface area contributed by atoms with Crippen LogP contribution in [0.4, 0.5) is 28.0 Å². The van der Waals surface area contributed by atoms with Crippen LogP contribution in [-0.2, 0) is 14.3 Å². The molecule has 3 rings (SSSR count). The summed E-state index contributed by atoms with van der Waals surface area (Å²) in [5.41, 5.74) is -5.22. The van der Waals surface area contributed by atoms with E-state index in [1.165, 1.54) is 18.2 Å². The summed E-state index contributed by atoms with van der Waals surface area (Å²) in [4.78, 5) is 16.8. The first-order valence-corrected chi connectivity index (χ1v) is 12.2. The molecular weight excluding hydrogens is 490 g/mol. The van der Waals surface area contributed by atoms with Crippen molar-refractivity contribution in [2.24, 2.45) is 0 Å². The highest BCUT2D eigenvalue weighted by molar-refractivity contribution is 7.87. The molecule has 7 nitrogen and oxygen atoms in total. The van der Waals surface area contributed by atoms with Crippen molar-refractivity contribution in [1.29, 1.82) is 0 Å². The molecule has 0 spiro atoms. The quantitative estimate of drug-likeness (QED) is 0.324. The molecule has 1 unspecified atom stereocenters. The number of allylic oxidation sites excluding steroid dienone is 1. The van der Waals surface area contributed by atoms with Gasteiger partial charge in [0.05, 0.1) is 5.02 Å². The molecule has 1 aromatic carbocycles. The lowest BCUT2D eigenvalue weighted by molar-refractivity contribution is -0.0524. The number of carbonyl (C=O) groups excluding carboxylic acids is 1. The molecule has 184 valence electrons. The van der Waals surface area contributed by atoms with Crippen LogP contribution in [0.3, 0.4) is 0 Å². The van der Waals surface area contributed by atoms with Gasteiger partial charge in [0.25, 0.3) is 0 Å². The molecule has 33 heavy (non-hydrogen) atoms. The molecule has 1 aliphatic heterocycles. The van der Waals surface area contributed by atoms with Crippen molar-refractivity contribution in [3.8, 4) is 0 Å². The molecule has 0 aromatic heterocycles. The van der Waals surface area contributed by atoms with Crippen molar-refractivity contribution in [2.75, 3.05) is 31.5 Å². The summed E-state index contributed by atoms with van der Waals surface area (Å²) >= 11 is 5.78. The Kier molecular flexibility index (Phi) is 8.12. The number of alkyl halides is 3. The van der Waals surface area contributed by atoms with E-state index in [4.69, 9.17) is 11.6 Å². The minimum Gasteiger partial charge on any atom is -0.381 e. The first kappa shape index (κ1) is 25.6. The summed E-state index contributed by atoms with van der Waals surface area (Å²) in [5, 5.41) is 2.52. The summed E-state index contributed by atoms with van der Waals surface area (Å²) < 4.78 is 77.8.